The van der Waals surface area contributed by atoms with Crippen molar-refractivity contribution in [3.63, 3.8) is 0 Å². The number of para-hydroxylation sites is 1. The molecule has 6 aromatic rings. The molecule has 3 aromatic carbocycles. The molecule has 3 atom stereocenters. The fourth-order valence-electron chi connectivity index (χ4n) is 8.08. The molecule has 0 bridgehead atoms. The van der Waals surface area contributed by atoms with E-state index in [9.17, 15) is 0 Å². The molecular formula is C43H48N4O. The number of hydrogen-bond acceptors (Lipinski definition) is 3. The predicted molar refractivity (Wildman–Crippen MR) is 199 cm³/mol. The maximum Gasteiger partial charge on any atom is 0.137 e. The van der Waals surface area contributed by atoms with Crippen molar-refractivity contribution >= 4 is 21.8 Å². The number of pyridine rings is 1. The summed E-state index contributed by atoms with van der Waals surface area (Å²) in [6.07, 6.45) is 7.45. The molecule has 0 saturated heterocycles. The van der Waals surface area contributed by atoms with Gasteiger partial charge in [0.25, 0.3) is 0 Å². The summed E-state index contributed by atoms with van der Waals surface area (Å²) in [7, 11) is 0. The van der Waals surface area contributed by atoms with Crippen LogP contribution in [0.15, 0.2) is 96.7 Å². The Kier molecular flexibility index (Phi) is 8.27. The molecule has 3 heterocycles. The fourth-order valence-corrected chi connectivity index (χ4v) is 8.08. The van der Waals surface area contributed by atoms with E-state index in [1.54, 1.807) is 0 Å². The summed E-state index contributed by atoms with van der Waals surface area (Å²) in [5.41, 5.74) is 9.92. The predicted octanol–water partition coefficient (Wildman–Crippen LogP) is 11.3. The van der Waals surface area contributed by atoms with Crippen LogP contribution in [0.3, 0.4) is 0 Å². The average molecular weight is 637 g/mol. The number of aromatic nitrogens is 4. The molecule has 7 rings (SSSR count). The van der Waals surface area contributed by atoms with E-state index in [4.69, 9.17) is 14.8 Å². The van der Waals surface area contributed by atoms with Crippen LogP contribution in [-0.2, 0) is 18.3 Å². The number of hydrogen-bond donors (Lipinski definition) is 0. The van der Waals surface area contributed by atoms with Gasteiger partial charge in [0.2, 0.25) is 0 Å². The molecule has 5 nitrogen and oxygen atoms in total. The zero-order valence-electron chi connectivity index (χ0n) is 29.7. The van der Waals surface area contributed by atoms with Crippen molar-refractivity contribution in [3.05, 3.63) is 119 Å². The van der Waals surface area contributed by atoms with Gasteiger partial charge in [0, 0.05) is 46.3 Å². The van der Waals surface area contributed by atoms with Crippen LogP contribution in [0.25, 0.3) is 33.3 Å². The third-order valence-corrected chi connectivity index (χ3v) is 10.2. The monoisotopic (exact) mass is 636 g/mol. The lowest BCUT2D eigenvalue weighted by Crippen LogP contribution is -2.21. The highest BCUT2D eigenvalue weighted by atomic mass is 16.5. The highest BCUT2D eigenvalue weighted by Gasteiger charge is 2.32. The molecule has 3 aromatic heterocycles. The van der Waals surface area contributed by atoms with Crippen molar-refractivity contribution in [2.75, 3.05) is 0 Å². The van der Waals surface area contributed by atoms with E-state index in [2.05, 4.69) is 144 Å². The number of benzene rings is 3. The van der Waals surface area contributed by atoms with Crippen molar-refractivity contribution in [2.45, 2.75) is 86.0 Å². The van der Waals surface area contributed by atoms with Gasteiger partial charge in [-0.1, -0.05) is 84.4 Å². The normalized spacial score (nSPS) is 18.4. The van der Waals surface area contributed by atoms with Gasteiger partial charge >= 0.3 is 0 Å². The van der Waals surface area contributed by atoms with E-state index < -0.39 is 0 Å². The Morgan fingerprint density at radius 2 is 1.60 bits per heavy atom. The van der Waals surface area contributed by atoms with Gasteiger partial charge in [0.1, 0.15) is 17.3 Å². The molecule has 0 fully saturated rings. The smallest absolute Gasteiger partial charge is 0.137 e. The summed E-state index contributed by atoms with van der Waals surface area (Å²) in [4.78, 5) is 4.84. The Balaban J connectivity index is 1.29. The highest BCUT2D eigenvalue weighted by Crippen LogP contribution is 2.44. The Hall–Kier alpha value is -4.64. The minimum Gasteiger partial charge on any atom is -0.457 e. The lowest BCUT2D eigenvalue weighted by atomic mass is 9.72. The average Bonchev–Trinajstić information content (AvgIpc) is 3.59. The van der Waals surface area contributed by atoms with E-state index >= 15 is 0 Å². The molecule has 1 unspecified atom stereocenters. The number of rotatable bonds is 7. The molecular weight excluding hydrogens is 589 g/mol. The van der Waals surface area contributed by atoms with Gasteiger partial charge in [0.15, 0.2) is 0 Å². The van der Waals surface area contributed by atoms with Crippen LogP contribution in [0.4, 0.5) is 0 Å². The molecule has 0 radical (unpaired) electrons. The molecule has 48 heavy (non-hydrogen) atoms. The van der Waals surface area contributed by atoms with Crippen LogP contribution in [0.5, 0.6) is 11.5 Å². The van der Waals surface area contributed by atoms with Gasteiger partial charge in [-0.05, 0) is 91.5 Å². The molecule has 0 N–H and O–H groups in total. The zero-order chi connectivity index (χ0) is 33.7. The van der Waals surface area contributed by atoms with Crippen LogP contribution in [0, 0.1) is 11.8 Å². The number of aryl methyl sites for hydroxylation is 1. The Bertz CT molecular complexity index is 2160. The second-order valence-electron chi connectivity index (χ2n) is 14.8. The van der Waals surface area contributed by atoms with Crippen LogP contribution in [-0.4, -0.2) is 19.3 Å². The van der Waals surface area contributed by atoms with Crippen LogP contribution >= 0.6 is 0 Å². The maximum atomic E-state index is 6.63. The lowest BCUT2D eigenvalue weighted by Gasteiger charge is -2.32. The Morgan fingerprint density at radius 3 is 2.35 bits per heavy atom. The molecule has 0 spiro atoms. The summed E-state index contributed by atoms with van der Waals surface area (Å²) in [6.45, 7) is 18.3. The molecule has 0 saturated carbocycles. The summed E-state index contributed by atoms with van der Waals surface area (Å²) in [5, 5.41) is 7.61. The third-order valence-electron chi connectivity index (χ3n) is 10.2. The Labute approximate surface area is 285 Å². The standard InChI is InChI=1S/C43H48N4O/c1-9-36-42(41-28(4)22-27(3)23-29(41)5)37(10-2)47(45-36)31-14-13-15-32(25-31)48-33-18-19-35-34-16-11-12-17-38(34)46(39(35)26-33)40-24-30(20-21-44-40)43(6,7)8/h11-22,24-27,29,41H,9-10,23H2,1-8H3/t27-,29-,41?/m0/s1. The van der Waals surface area contributed by atoms with E-state index in [1.807, 2.05) is 12.3 Å². The number of nitrogens with zero attached hydrogens (tertiary/aromatic N) is 4. The SMILES string of the molecule is CCc1nn(-c2cccc(Oc3ccc4c5ccccc5n(-c5cc(C(C)(C)C)ccn5)c4c3)c2)c(CC)c1C1C(C)=C[C@H](C)C[C@@H]1C. The van der Waals surface area contributed by atoms with Crippen molar-refractivity contribution < 1.29 is 4.74 Å². The van der Waals surface area contributed by atoms with E-state index in [-0.39, 0.29) is 5.41 Å². The first-order valence-electron chi connectivity index (χ1n) is 17.6. The second kappa shape index (κ2) is 12.4. The van der Waals surface area contributed by atoms with E-state index in [1.165, 1.54) is 45.3 Å². The first-order valence-corrected chi connectivity index (χ1v) is 17.6. The van der Waals surface area contributed by atoms with Gasteiger partial charge in [-0.15, -0.1) is 0 Å². The zero-order valence-corrected chi connectivity index (χ0v) is 29.7. The molecule has 0 amide bonds. The third kappa shape index (κ3) is 5.63. The maximum absolute atomic E-state index is 6.63. The Morgan fingerprint density at radius 1 is 0.833 bits per heavy atom. The largest absolute Gasteiger partial charge is 0.457 e. The highest BCUT2D eigenvalue weighted by molar-refractivity contribution is 6.09. The second-order valence-corrected chi connectivity index (χ2v) is 14.8. The van der Waals surface area contributed by atoms with Gasteiger partial charge in [-0.3, -0.25) is 4.57 Å². The van der Waals surface area contributed by atoms with Crippen LogP contribution in [0.2, 0.25) is 0 Å². The van der Waals surface area contributed by atoms with Crippen molar-refractivity contribution in [3.8, 4) is 23.0 Å². The first-order chi connectivity index (χ1) is 23.1. The number of ether oxygens (including phenoxy) is 1. The fraction of sp³-hybridized carbons (Fsp3) is 0.349. The number of allylic oxidation sites excluding steroid dienone is 2. The topological polar surface area (TPSA) is 44.9 Å². The number of fused-ring (bicyclic) bond motifs is 3. The molecule has 5 heteroatoms. The molecule has 246 valence electrons. The summed E-state index contributed by atoms with van der Waals surface area (Å²) in [6, 6.07) is 27.6. The van der Waals surface area contributed by atoms with Crippen molar-refractivity contribution in [1.29, 1.82) is 0 Å². The van der Waals surface area contributed by atoms with E-state index in [0.29, 0.717) is 17.8 Å². The lowest BCUT2D eigenvalue weighted by molar-refractivity contribution is 0.389. The summed E-state index contributed by atoms with van der Waals surface area (Å²) in [5.74, 6) is 4.11. The quantitative estimate of drug-likeness (QED) is 0.164. The van der Waals surface area contributed by atoms with Crippen LogP contribution < -0.4 is 4.74 Å². The van der Waals surface area contributed by atoms with Gasteiger partial charge in [0.05, 0.1) is 22.4 Å². The van der Waals surface area contributed by atoms with Crippen molar-refractivity contribution in [1.82, 2.24) is 19.3 Å². The minimum absolute atomic E-state index is 0.0172. The molecule has 1 aliphatic rings. The van der Waals surface area contributed by atoms with E-state index in [0.717, 1.165) is 46.9 Å². The van der Waals surface area contributed by atoms with Gasteiger partial charge in [-0.2, -0.15) is 5.10 Å². The van der Waals surface area contributed by atoms with Crippen molar-refractivity contribution in [2.24, 2.45) is 11.8 Å². The summed E-state index contributed by atoms with van der Waals surface area (Å²) < 4.78 is 11.1. The minimum atomic E-state index is 0.0172. The van der Waals surface area contributed by atoms with Gasteiger partial charge < -0.3 is 4.74 Å². The summed E-state index contributed by atoms with van der Waals surface area (Å²) >= 11 is 0. The van der Waals surface area contributed by atoms with Crippen LogP contribution in [0.1, 0.15) is 90.2 Å². The van der Waals surface area contributed by atoms with Gasteiger partial charge in [-0.25, -0.2) is 9.67 Å². The molecule has 1 aliphatic carbocycles. The molecule has 0 aliphatic heterocycles. The first kappa shape index (κ1) is 31.9.